The molecule has 0 bridgehead atoms. The summed E-state index contributed by atoms with van der Waals surface area (Å²) in [5.74, 6) is -5.45. The Balaban J connectivity index is 2.34. The van der Waals surface area contributed by atoms with Crippen LogP contribution in [0.2, 0.25) is 0 Å². The number of rotatable bonds is 16. The Bertz CT molecular complexity index is 543. The standard InChI is InChI=1S/C22H34F2O4/c1-2-3-4-9-16-22(23,24)20(26)15-13-17-12-14-19(25)18(17)10-7-5-6-8-11-21(27)28/h12,14,17-18H,2-11,13,15-16H2,1H3,(H,27,28)/t17-,18-/m1/s1. The SMILES string of the molecule is CCCCCCC(F)(F)C(=O)CC[C@H]1C=CC(=O)[C@@H]1CCCCCCC(=O)O. The monoisotopic (exact) mass is 400 g/mol. The van der Waals surface area contributed by atoms with Crippen molar-refractivity contribution in [2.75, 3.05) is 0 Å². The van der Waals surface area contributed by atoms with Gasteiger partial charge in [0.2, 0.25) is 5.78 Å². The molecular weight excluding hydrogens is 366 g/mol. The zero-order valence-electron chi connectivity index (χ0n) is 16.9. The topological polar surface area (TPSA) is 71.4 Å². The number of carboxylic acid groups (broad SMARTS) is 1. The highest BCUT2D eigenvalue weighted by molar-refractivity contribution is 5.94. The van der Waals surface area contributed by atoms with E-state index in [-0.39, 0.29) is 43.3 Å². The quantitative estimate of drug-likeness (QED) is 0.335. The molecule has 1 aliphatic carbocycles. The molecule has 0 amide bonds. The predicted molar refractivity (Wildman–Crippen MR) is 104 cm³/mol. The molecule has 0 saturated heterocycles. The molecule has 0 aromatic heterocycles. The molecule has 0 spiro atoms. The molecule has 1 aliphatic rings. The lowest BCUT2D eigenvalue weighted by atomic mass is 9.85. The molecule has 0 saturated carbocycles. The van der Waals surface area contributed by atoms with Crippen LogP contribution in [-0.4, -0.2) is 28.6 Å². The average Bonchev–Trinajstić information content (AvgIpc) is 2.99. The third-order valence-corrected chi connectivity index (χ3v) is 5.50. The smallest absolute Gasteiger partial charge is 0.305 e. The third kappa shape index (κ3) is 9.07. The maximum absolute atomic E-state index is 14.0. The molecule has 4 nitrogen and oxygen atoms in total. The van der Waals surface area contributed by atoms with E-state index in [4.69, 9.17) is 5.11 Å². The lowest BCUT2D eigenvalue weighted by molar-refractivity contribution is -0.144. The Morgan fingerprint density at radius 3 is 2.36 bits per heavy atom. The van der Waals surface area contributed by atoms with Crippen LogP contribution >= 0.6 is 0 Å². The van der Waals surface area contributed by atoms with Gasteiger partial charge in [0, 0.05) is 25.2 Å². The maximum Gasteiger partial charge on any atom is 0.305 e. The molecule has 160 valence electrons. The minimum Gasteiger partial charge on any atom is -0.481 e. The van der Waals surface area contributed by atoms with Crippen molar-refractivity contribution in [3.63, 3.8) is 0 Å². The molecule has 1 N–H and O–H groups in total. The number of allylic oxidation sites excluding steroid dienone is 2. The van der Waals surface area contributed by atoms with Gasteiger partial charge in [0.25, 0.3) is 0 Å². The van der Waals surface area contributed by atoms with E-state index >= 15 is 0 Å². The summed E-state index contributed by atoms with van der Waals surface area (Å²) in [4.78, 5) is 34.5. The van der Waals surface area contributed by atoms with Crippen molar-refractivity contribution in [3.8, 4) is 0 Å². The lowest BCUT2D eigenvalue weighted by Gasteiger charge is -2.20. The number of hydrogen-bond acceptors (Lipinski definition) is 3. The Kier molecular flexibility index (Phi) is 11.2. The van der Waals surface area contributed by atoms with E-state index in [2.05, 4.69) is 0 Å². The van der Waals surface area contributed by atoms with Crippen LogP contribution in [0.3, 0.4) is 0 Å². The number of alkyl halides is 2. The van der Waals surface area contributed by atoms with E-state index in [9.17, 15) is 23.2 Å². The molecule has 0 heterocycles. The number of hydrogen-bond donors (Lipinski definition) is 1. The van der Waals surface area contributed by atoms with Crippen molar-refractivity contribution in [1.29, 1.82) is 0 Å². The molecule has 0 fully saturated rings. The lowest BCUT2D eigenvalue weighted by Crippen LogP contribution is -2.29. The fourth-order valence-corrected chi connectivity index (χ4v) is 3.73. The summed E-state index contributed by atoms with van der Waals surface area (Å²) >= 11 is 0. The number of Topliss-reactive ketones (excluding diaryl/α,β-unsaturated/α-hetero) is 1. The van der Waals surface area contributed by atoms with Gasteiger partial charge in [-0.1, -0.05) is 51.5 Å². The van der Waals surface area contributed by atoms with Gasteiger partial charge in [0.05, 0.1) is 0 Å². The number of carbonyl (C=O) groups is 3. The van der Waals surface area contributed by atoms with Crippen molar-refractivity contribution in [1.82, 2.24) is 0 Å². The van der Waals surface area contributed by atoms with Gasteiger partial charge in [-0.2, -0.15) is 8.78 Å². The summed E-state index contributed by atoms with van der Waals surface area (Å²) < 4.78 is 28.0. The first-order chi connectivity index (χ1) is 13.3. The van der Waals surface area contributed by atoms with Gasteiger partial charge < -0.3 is 5.11 Å². The first-order valence-electron chi connectivity index (χ1n) is 10.6. The summed E-state index contributed by atoms with van der Waals surface area (Å²) in [5.41, 5.74) is 0. The highest BCUT2D eigenvalue weighted by Crippen LogP contribution is 2.33. The predicted octanol–water partition coefficient (Wildman–Crippen LogP) is 5.74. The molecule has 2 atom stereocenters. The number of unbranched alkanes of at least 4 members (excludes halogenated alkanes) is 6. The van der Waals surface area contributed by atoms with E-state index in [0.717, 1.165) is 32.1 Å². The summed E-state index contributed by atoms with van der Waals surface area (Å²) in [6.07, 6.45) is 9.79. The summed E-state index contributed by atoms with van der Waals surface area (Å²) in [6.45, 7) is 2.01. The van der Waals surface area contributed by atoms with Crippen LogP contribution in [0.25, 0.3) is 0 Å². The Hall–Kier alpha value is -1.59. The molecule has 28 heavy (non-hydrogen) atoms. The summed E-state index contributed by atoms with van der Waals surface area (Å²) in [5, 5.41) is 8.61. The van der Waals surface area contributed by atoms with Crippen LogP contribution in [0.15, 0.2) is 12.2 Å². The second kappa shape index (κ2) is 12.8. The molecule has 6 heteroatoms. The highest BCUT2D eigenvalue weighted by atomic mass is 19.3. The Labute approximate surface area is 166 Å². The fourth-order valence-electron chi connectivity index (χ4n) is 3.73. The van der Waals surface area contributed by atoms with Crippen molar-refractivity contribution in [3.05, 3.63) is 12.2 Å². The van der Waals surface area contributed by atoms with Gasteiger partial charge in [-0.25, -0.2) is 0 Å². The zero-order chi connectivity index (χ0) is 21.0. The first-order valence-corrected chi connectivity index (χ1v) is 10.6. The van der Waals surface area contributed by atoms with Gasteiger partial charge in [-0.05, 0) is 37.7 Å². The fraction of sp³-hybridized carbons (Fsp3) is 0.773. The number of aliphatic carboxylic acids is 1. The van der Waals surface area contributed by atoms with E-state index in [1.54, 1.807) is 6.08 Å². The first kappa shape index (κ1) is 24.4. The van der Waals surface area contributed by atoms with Crippen molar-refractivity contribution < 1.29 is 28.3 Å². The molecule has 0 unspecified atom stereocenters. The minimum atomic E-state index is -3.26. The Morgan fingerprint density at radius 1 is 1.00 bits per heavy atom. The average molecular weight is 401 g/mol. The molecule has 0 aromatic rings. The Morgan fingerprint density at radius 2 is 1.68 bits per heavy atom. The van der Waals surface area contributed by atoms with Gasteiger partial charge in [-0.15, -0.1) is 0 Å². The van der Waals surface area contributed by atoms with Crippen molar-refractivity contribution in [2.24, 2.45) is 11.8 Å². The van der Waals surface area contributed by atoms with Crippen molar-refractivity contribution >= 4 is 17.5 Å². The van der Waals surface area contributed by atoms with E-state index in [1.165, 1.54) is 6.08 Å². The molecule has 1 rings (SSSR count). The van der Waals surface area contributed by atoms with Crippen LogP contribution in [0.5, 0.6) is 0 Å². The normalized spacial score (nSPS) is 19.3. The second-order valence-corrected chi connectivity index (χ2v) is 7.86. The summed E-state index contributed by atoms with van der Waals surface area (Å²) in [6, 6.07) is 0. The van der Waals surface area contributed by atoms with Crippen LogP contribution in [0, 0.1) is 11.8 Å². The number of halogens is 2. The molecular formula is C22H34F2O4. The molecule has 0 aromatic carbocycles. The van der Waals surface area contributed by atoms with Gasteiger partial charge in [0.1, 0.15) is 0 Å². The van der Waals surface area contributed by atoms with Gasteiger partial charge in [-0.3, -0.25) is 14.4 Å². The minimum absolute atomic E-state index is 0.00862. The molecule has 0 radical (unpaired) electrons. The van der Waals surface area contributed by atoms with E-state index in [1.807, 2.05) is 6.92 Å². The number of ketones is 2. The van der Waals surface area contributed by atoms with Gasteiger partial charge >= 0.3 is 11.9 Å². The van der Waals surface area contributed by atoms with E-state index < -0.39 is 17.7 Å². The highest BCUT2D eigenvalue weighted by Gasteiger charge is 2.38. The van der Waals surface area contributed by atoms with Crippen molar-refractivity contribution in [2.45, 2.75) is 96.3 Å². The summed E-state index contributed by atoms with van der Waals surface area (Å²) in [7, 11) is 0. The van der Waals surface area contributed by atoms with Crippen LogP contribution < -0.4 is 0 Å². The zero-order valence-corrected chi connectivity index (χ0v) is 16.9. The second-order valence-electron chi connectivity index (χ2n) is 7.86. The van der Waals surface area contributed by atoms with Crippen LogP contribution in [0.1, 0.15) is 90.4 Å². The molecule has 0 aliphatic heterocycles. The van der Waals surface area contributed by atoms with E-state index in [0.29, 0.717) is 25.7 Å². The van der Waals surface area contributed by atoms with Gasteiger partial charge in [0.15, 0.2) is 5.78 Å². The van der Waals surface area contributed by atoms with Crippen LogP contribution in [-0.2, 0) is 14.4 Å². The maximum atomic E-state index is 14.0. The number of carboxylic acids is 1. The third-order valence-electron chi connectivity index (χ3n) is 5.50. The van der Waals surface area contributed by atoms with Crippen LogP contribution in [0.4, 0.5) is 8.78 Å². The number of carbonyl (C=O) groups excluding carboxylic acids is 2. The largest absolute Gasteiger partial charge is 0.481 e.